The second-order valence-electron chi connectivity index (χ2n) is 6.25. The first-order valence-corrected chi connectivity index (χ1v) is 10.4. The van der Waals surface area contributed by atoms with Gasteiger partial charge >= 0.3 is 0 Å². The van der Waals surface area contributed by atoms with E-state index in [9.17, 15) is 13.2 Å². The fourth-order valence-electron chi connectivity index (χ4n) is 2.89. The number of halogens is 1. The summed E-state index contributed by atoms with van der Waals surface area (Å²) in [5, 5.41) is 0.520. The maximum absolute atomic E-state index is 13.4. The van der Waals surface area contributed by atoms with Crippen LogP contribution in [0.4, 0.5) is 0 Å². The molecule has 0 saturated heterocycles. The van der Waals surface area contributed by atoms with Gasteiger partial charge in [-0.15, -0.1) is 0 Å². The van der Waals surface area contributed by atoms with Gasteiger partial charge in [0.25, 0.3) is 0 Å². The summed E-state index contributed by atoms with van der Waals surface area (Å²) in [7, 11) is -4.00. The third-order valence-corrected chi connectivity index (χ3v) is 6.30. The van der Waals surface area contributed by atoms with Crippen LogP contribution < -0.4 is 5.73 Å². The van der Waals surface area contributed by atoms with E-state index in [0.29, 0.717) is 5.02 Å². The number of primary amides is 1. The van der Waals surface area contributed by atoms with E-state index in [1.54, 1.807) is 36.4 Å². The van der Waals surface area contributed by atoms with Gasteiger partial charge < -0.3 is 5.73 Å². The van der Waals surface area contributed by atoms with E-state index in [4.69, 9.17) is 17.3 Å². The Morgan fingerprint density at radius 2 is 1.46 bits per heavy atom. The van der Waals surface area contributed by atoms with Gasteiger partial charge in [0.2, 0.25) is 15.9 Å². The lowest BCUT2D eigenvalue weighted by Crippen LogP contribution is -2.32. The SMILES string of the molecule is NC(=O)c1ccccc1S(=O)(=O)N(Cc1ccccc1)Cc1cccc(Cl)c1. The zero-order valence-electron chi connectivity index (χ0n) is 15.0. The summed E-state index contributed by atoms with van der Waals surface area (Å²) < 4.78 is 28.2. The molecule has 0 bridgehead atoms. The van der Waals surface area contributed by atoms with Crippen molar-refractivity contribution in [2.24, 2.45) is 5.73 Å². The number of carbonyl (C=O) groups excluding carboxylic acids is 1. The van der Waals surface area contributed by atoms with Crippen LogP contribution >= 0.6 is 11.6 Å². The molecule has 0 heterocycles. The maximum atomic E-state index is 13.4. The molecule has 7 heteroatoms. The first-order valence-electron chi connectivity index (χ1n) is 8.55. The van der Waals surface area contributed by atoms with E-state index in [2.05, 4.69) is 0 Å². The quantitative estimate of drug-likeness (QED) is 0.638. The summed E-state index contributed by atoms with van der Waals surface area (Å²) in [5.74, 6) is -0.790. The van der Waals surface area contributed by atoms with Gasteiger partial charge in [0, 0.05) is 18.1 Å². The molecule has 28 heavy (non-hydrogen) atoms. The molecule has 0 aliphatic heterocycles. The fourth-order valence-corrected chi connectivity index (χ4v) is 4.71. The summed E-state index contributed by atoms with van der Waals surface area (Å²) in [5.41, 5.74) is 6.92. The Bertz CT molecular complexity index is 1090. The number of carbonyl (C=O) groups is 1. The minimum absolute atomic E-state index is 0.0355. The van der Waals surface area contributed by atoms with E-state index in [1.165, 1.54) is 16.4 Å². The zero-order chi connectivity index (χ0) is 20.1. The number of nitrogens with zero attached hydrogens (tertiary/aromatic N) is 1. The molecule has 3 rings (SSSR count). The van der Waals surface area contributed by atoms with Crippen molar-refractivity contribution in [3.05, 3.63) is 101 Å². The molecule has 0 atom stereocenters. The predicted molar refractivity (Wildman–Crippen MR) is 109 cm³/mol. The first-order chi connectivity index (χ1) is 13.4. The summed E-state index contributed by atoms with van der Waals surface area (Å²) in [6.07, 6.45) is 0. The lowest BCUT2D eigenvalue weighted by Gasteiger charge is -2.23. The molecule has 0 fully saturated rings. The molecular formula is C21H19ClN2O3S. The number of hydrogen-bond donors (Lipinski definition) is 1. The van der Waals surface area contributed by atoms with Crippen molar-refractivity contribution in [2.45, 2.75) is 18.0 Å². The molecule has 3 aromatic rings. The van der Waals surface area contributed by atoms with Crippen molar-refractivity contribution in [3.8, 4) is 0 Å². The highest BCUT2D eigenvalue weighted by molar-refractivity contribution is 7.89. The van der Waals surface area contributed by atoms with E-state index in [1.807, 2.05) is 30.3 Å². The van der Waals surface area contributed by atoms with Crippen molar-refractivity contribution < 1.29 is 13.2 Å². The number of hydrogen-bond acceptors (Lipinski definition) is 3. The molecule has 0 unspecified atom stereocenters. The number of benzene rings is 3. The van der Waals surface area contributed by atoms with Crippen molar-refractivity contribution >= 4 is 27.5 Å². The fraction of sp³-hybridized carbons (Fsp3) is 0.0952. The molecule has 2 N–H and O–H groups in total. The first kappa shape index (κ1) is 20.1. The van der Waals surface area contributed by atoms with Gasteiger partial charge in [-0.25, -0.2) is 8.42 Å². The lowest BCUT2D eigenvalue weighted by molar-refractivity contribution is 0.0997. The normalized spacial score (nSPS) is 11.5. The predicted octanol–water partition coefficient (Wildman–Crippen LogP) is 3.83. The zero-order valence-corrected chi connectivity index (χ0v) is 16.5. The molecule has 1 amide bonds. The van der Waals surface area contributed by atoms with Crippen LogP contribution in [0.2, 0.25) is 5.02 Å². The summed E-state index contributed by atoms with van der Waals surface area (Å²) in [6.45, 7) is 0.244. The molecule has 144 valence electrons. The maximum Gasteiger partial charge on any atom is 0.250 e. The number of sulfonamides is 1. The molecule has 0 saturated carbocycles. The minimum Gasteiger partial charge on any atom is -0.366 e. The van der Waals surface area contributed by atoms with Gasteiger partial charge in [0.1, 0.15) is 0 Å². The monoisotopic (exact) mass is 414 g/mol. The van der Waals surface area contributed by atoms with Crippen LogP contribution in [0.25, 0.3) is 0 Å². The van der Waals surface area contributed by atoms with Crippen LogP contribution in [0.3, 0.4) is 0 Å². The lowest BCUT2D eigenvalue weighted by atomic mass is 10.2. The van der Waals surface area contributed by atoms with Gasteiger partial charge in [-0.2, -0.15) is 4.31 Å². The van der Waals surface area contributed by atoms with Gasteiger partial charge in [0.15, 0.2) is 0 Å². The number of amides is 1. The van der Waals surface area contributed by atoms with Crippen LogP contribution in [0.1, 0.15) is 21.5 Å². The highest BCUT2D eigenvalue weighted by atomic mass is 35.5. The van der Waals surface area contributed by atoms with Crippen LogP contribution in [-0.2, 0) is 23.1 Å². The Kier molecular flexibility index (Phi) is 6.14. The Morgan fingerprint density at radius 3 is 2.14 bits per heavy atom. The average Bonchev–Trinajstić information content (AvgIpc) is 2.68. The molecule has 0 radical (unpaired) electrons. The highest BCUT2D eigenvalue weighted by Gasteiger charge is 2.28. The van der Waals surface area contributed by atoms with Crippen molar-refractivity contribution in [1.29, 1.82) is 0 Å². The number of nitrogens with two attached hydrogens (primary N) is 1. The molecule has 5 nitrogen and oxygen atoms in total. The van der Waals surface area contributed by atoms with Crippen LogP contribution in [0.5, 0.6) is 0 Å². The van der Waals surface area contributed by atoms with Crippen molar-refractivity contribution in [1.82, 2.24) is 4.31 Å². The van der Waals surface area contributed by atoms with Gasteiger partial charge in [-0.1, -0.05) is 66.2 Å². The Hall–Kier alpha value is -2.67. The van der Waals surface area contributed by atoms with Gasteiger partial charge in [-0.3, -0.25) is 4.79 Å². The topological polar surface area (TPSA) is 80.5 Å². The van der Waals surface area contributed by atoms with Crippen molar-refractivity contribution in [3.63, 3.8) is 0 Å². The van der Waals surface area contributed by atoms with Gasteiger partial charge in [-0.05, 0) is 35.4 Å². The molecule has 3 aromatic carbocycles. The van der Waals surface area contributed by atoms with Crippen LogP contribution in [0, 0.1) is 0 Å². The third-order valence-electron chi connectivity index (χ3n) is 4.22. The van der Waals surface area contributed by atoms with Crippen LogP contribution in [0.15, 0.2) is 83.8 Å². The second-order valence-corrected chi connectivity index (χ2v) is 8.59. The largest absolute Gasteiger partial charge is 0.366 e. The standard InChI is InChI=1S/C21H19ClN2O3S/c22-18-10-6-9-17(13-18)15-24(14-16-7-2-1-3-8-16)28(26,27)20-12-5-4-11-19(20)21(23)25/h1-13H,14-15H2,(H2,23,25). The summed E-state index contributed by atoms with van der Waals surface area (Å²) >= 11 is 6.06. The molecule has 0 aliphatic rings. The van der Waals surface area contributed by atoms with E-state index >= 15 is 0 Å². The Morgan fingerprint density at radius 1 is 0.857 bits per heavy atom. The Balaban J connectivity index is 2.05. The van der Waals surface area contributed by atoms with E-state index in [-0.39, 0.29) is 23.5 Å². The number of rotatable bonds is 7. The van der Waals surface area contributed by atoms with Crippen LogP contribution in [-0.4, -0.2) is 18.6 Å². The average molecular weight is 415 g/mol. The minimum atomic E-state index is -4.00. The molecule has 0 aliphatic carbocycles. The van der Waals surface area contributed by atoms with E-state index in [0.717, 1.165) is 11.1 Å². The van der Waals surface area contributed by atoms with Crippen molar-refractivity contribution in [2.75, 3.05) is 0 Å². The summed E-state index contributed by atoms with van der Waals surface area (Å²) in [4.78, 5) is 11.7. The highest BCUT2D eigenvalue weighted by Crippen LogP contribution is 2.24. The molecule has 0 spiro atoms. The van der Waals surface area contributed by atoms with Gasteiger partial charge in [0.05, 0.1) is 10.5 Å². The second kappa shape index (κ2) is 8.56. The smallest absolute Gasteiger partial charge is 0.250 e. The van der Waals surface area contributed by atoms with E-state index < -0.39 is 15.9 Å². The third kappa shape index (κ3) is 4.59. The molecule has 0 aromatic heterocycles. The molecular weight excluding hydrogens is 396 g/mol. The Labute approximate surface area is 169 Å². The summed E-state index contributed by atoms with van der Waals surface area (Å²) in [6, 6.07) is 22.2.